The zero-order valence-corrected chi connectivity index (χ0v) is 15.9. The molecule has 0 amide bonds. The zero-order valence-electron chi connectivity index (χ0n) is 15.1. The van der Waals surface area contributed by atoms with Gasteiger partial charge in [-0.25, -0.2) is 0 Å². The van der Waals surface area contributed by atoms with Gasteiger partial charge < -0.3 is 20.1 Å². The van der Waals surface area contributed by atoms with Crippen LogP contribution in [0.15, 0.2) is 29.3 Å². The van der Waals surface area contributed by atoms with Crippen molar-refractivity contribution in [1.82, 2.24) is 10.6 Å². The topological polar surface area (TPSA) is 54.9 Å². The molecule has 0 saturated carbocycles. The van der Waals surface area contributed by atoms with E-state index in [-0.39, 0.29) is 0 Å². The van der Waals surface area contributed by atoms with E-state index in [4.69, 9.17) is 21.1 Å². The summed E-state index contributed by atoms with van der Waals surface area (Å²) >= 11 is 6.18. The Morgan fingerprint density at radius 2 is 2.24 bits per heavy atom. The van der Waals surface area contributed by atoms with Crippen molar-refractivity contribution in [3.63, 3.8) is 0 Å². The van der Waals surface area contributed by atoms with Crippen LogP contribution in [-0.4, -0.2) is 52.0 Å². The lowest BCUT2D eigenvalue weighted by Crippen LogP contribution is -2.38. The molecule has 5 nitrogen and oxygen atoms in total. The van der Waals surface area contributed by atoms with Crippen LogP contribution in [0.3, 0.4) is 0 Å². The Bertz CT molecular complexity index is 519. The van der Waals surface area contributed by atoms with Gasteiger partial charge in [0.1, 0.15) is 0 Å². The standard InChI is InChI=1S/C19H30ClN3O2/c1-2-21-19(23-11-8-17-6-3-4-7-18(17)20)22-10-5-12-24-14-16-9-13-25-15-16/h3-4,6-7,16H,2,5,8-15H2,1H3,(H2,21,22,23). The highest BCUT2D eigenvalue weighted by molar-refractivity contribution is 6.31. The molecule has 140 valence electrons. The van der Waals surface area contributed by atoms with Crippen LogP contribution in [0, 0.1) is 5.92 Å². The van der Waals surface area contributed by atoms with Crippen LogP contribution in [0.2, 0.25) is 5.02 Å². The van der Waals surface area contributed by atoms with Crippen molar-refractivity contribution in [1.29, 1.82) is 0 Å². The molecule has 2 N–H and O–H groups in total. The summed E-state index contributed by atoms with van der Waals surface area (Å²) in [5.74, 6) is 1.42. The monoisotopic (exact) mass is 367 g/mol. The largest absolute Gasteiger partial charge is 0.381 e. The van der Waals surface area contributed by atoms with E-state index >= 15 is 0 Å². The number of ether oxygens (including phenoxy) is 2. The van der Waals surface area contributed by atoms with Gasteiger partial charge in [-0.05, 0) is 37.8 Å². The van der Waals surface area contributed by atoms with Gasteiger partial charge in [0, 0.05) is 43.8 Å². The number of aliphatic imine (C=N–C) groups is 1. The van der Waals surface area contributed by atoms with Crippen LogP contribution in [-0.2, 0) is 15.9 Å². The van der Waals surface area contributed by atoms with Crippen molar-refractivity contribution in [2.24, 2.45) is 10.9 Å². The van der Waals surface area contributed by atoms with Crippen LogP contribution in [0.4, 0.5) is 0 Å². The van der Waals surface area contributed by atoms with E-state index in [9.17, 15) is 0 Å². The van der Waals surface area contributed by atoms with Crippen LogP contribution in [0.1, 0.15) is 25.3 Å². The highest BCUT2D eigenvalue weighted by atomic mass is 35.5. The van der Waals surface area contributed by atoms with Gasteiger partial charge in [0.25, 0.3) is 0 Å². The second kappa shape index (κ2) is 12.1. The van der Waals surface area contributed by atoms with Crippen LogP contribution in [0.5, 0.6) is 0 Å². The maximum absolute atomic E-state index is 6.18. The Labute approximate surface area is 156 Å². The molecule has 1 unspecified atom stereocenters. The van der Waals surface area contributed by atoms with Crippen LogP contribution < -0.4 is 10.6 Å². The lowest BCUT2D eigenvalue weighted by atomic mass is 10.1. The van der Waals surface area contributed by atoms with E-state index in [2.05, 4.69) is 28.6 Å². The van der Waals surface area contributed by atoms with Gasteiger partial charge in [0.15, 0.2) is 5.96 Å². The van der Waals surface area contributed by atoms with Crippen LogP contribution in [0.25, 0.3) is 0 Å². The number of nitrogens with zero attached hydrogens (tertiary/aromatic N) is 1. The predicted octanol–water partition coefficient (Wildman–Crippen LogP) is 2.88. The molecule has 1 aliphatic rings. The van der Waals surface area contributed by atoms with E-state index < -0.39 is 0 Å². The molecule has 0 aromatic heterocycles. The normalized spacial score (nSPS) is 17.7. The Hall–Kier alpha value is -1.30. The van der Waals surface area contributed by atoms with Gasteiger partial charge >= 0.3 is 0 Å². The molecule has 0 bridgehead atoms. The second-order valence-corrected chi connectivity index (χ2v) is 6.59. The predicted molar refractivity (Wildman–Crippen MR) is 103 cm³/mol. The first-order valence-corrected chi connectivity index (χ1v) is 9.58. The van der Waals surface area contributed by atoms with Gasteiger partial charge in [-0.3, -0.25) is 4.99 Å². The fourth-order valence-corrected chi connectivity index (χ4v) is 2.91. The molecular weight excluding hydrogens is 338 g/mol. The van der Waals surface area contributed by atoms with Gasteiger partial charge in [-0.1, -0.05) is 29.8 Å². The molecule has 0 radical (unpaired) electrons. The van der Waals surface area contributed by atoms with Crippen molar-refractivity contribution < 1.29 is 9.47 Å². The summed E-state index contributed by atoms with van der Waals surface area (Å²) in [6.45, 7) is 7.74. The highest BCUT2D eigenvalue weighted by Crippen LogP contribution is 2.14. The Balaban J connectivity index is 1.61. The molecule has 1 heterocycles. The van der Waals surface area contributed by atoms with Crippen molar-refractivity contribution in [3.8, 4) is 0 Å². The number of halogens is 1. The smallest absolute Gasteiger partial charge is 0.191 e. The number of rotatable bonds is 10. The second-order valence-electron chi connectivity index (χ2n) is 6.19. The third-order valence-corrected chi connectivity index (χ3v) is 4.45. The van der Waals surface area contributed by atoms with Crippen LogP contribution >= 0.6 is 11.6 Å². The molecule has 1 atom stereocenters. The van der Waals surface area contributed by atoms with Gasteiger partial charge in [0.2, 0.25) is 0 Å². The molecule has 0 spiro atoms. The number of nitrogens with one attached hydrogen (secondary N) is 2. The molecule has 1 aromatic rings. The van der Waals surface area contributed by atoms with Crippen molar-refractivity contribution >= 4 is 17.6 Å². The molecular formula is C19H30ClN3O2. The first-order valence-electron chi connectivity index (χ1n) is 9.20. The minimum atomic E-state index is 0.576. The third-order valence-electron chi connectivity index (χ3n) is 4.08. The average molecular weight is 368 g/mol. The fraction of sp³-hybridized carbons (Fsp3) is 0.632. The molecule has 25 heavy (non-hydrogen) atoms. The first kappa shape index (κ1) is 20.0. The van der Waals surface area contributed by atoms with E-state index in [0.29, 0.717) is 5.92 Å². The molecule has 2 rings (SSSR count). The summed E-state index contributed by atoms with van der Waals surface area (Å²) in [5.41, 5.74) is 1.15. The van der Waals surface area contributed by atoms with Crippen molar-refractivity contribution in [3.05, 3.63) is 34.9 Å². The molecule has 0 aliphatic carbocycles. The molecule has 1 fully saturated rings. The minimum absolute atomic E-state index is 0.576. The number of benzene rings is 1. The summed E-state index contributed by atoms with van der Waals surface area (Å²) in [6.07, 6.45) is 2.92. The molecule has 1 aliphatic heterocycles. The van der Waals surface area contributed by atoms with E-state index in [1.165, 1.54) is 0 Å². The summed E-state index contributed by atoms with van der Waals surface area (Å²) in [4.78, 5) is 4.59. The summed E-state index contributed by atoms with van der Waals surface area (Å²) in [6, 6.07) is 7.94. The summed E-state index contributed by atoms with van der Waals surface area (Å²) in [5, 5.41) is 7.44. The number of hydrogen-bond donors (Lipinski definition) is 2. The molecule has 1 saturated heterocycles. The van der Waals surface area contributed by atoms with E-state index in [1.807, 2.05) is 18.2 Å². The minimum Gasteiger partial charge on any atom is -0.381 e. The van der Waals surface area contributed by atoms with Crippen molar-refractivity contribution in [2.45, 2.75) is 26.2 Å². The SMILES string of the molecule is CCNC(=NCCCOCC1CCOC1)NCCc1ccccc1Cl. The summed E-state index contributed by atoms with van der Waals surface area (Å²) < 4.78 is 11.1. The number of guanidine groups is 1. The maximum Gasteiger partial charge on any atom is 0.191 e. The fourth-order valence-electron chi connectivity index (χ4n) is 2.68. The van der Waals surface area contributed by atoms with Crippen molar-refractivity contribution in [2.75, 3.05) is 46.1 Å². The van der Waals surface area contributed by atoms with E-state index in [1.54, 1.807) is 0 Å². The van der Waals surface area contributed by atoms with Gasteiger partial charge in [-0.2, -0.15) is 0 Å². The third kappa shape index (κ3) is 8.08. The van der Waals surface area contributed by atoms with E-state index in [0.717, 1.165) is 81.9 Å². The number of hydrogen-bond acceptors (Lipinski definition) is 3. The Morgan fingerprint density at radius 3 is 3.00 bits per heavy atom. The molecule has 6 heteroatoms. The highest BCUT2D eigenvalue weighted by Gasteiger charge is 2.15. The zero-order chi connectivity index (χ0) is 17.7. The first-order chi connectivity index (χ1) is 12.3. The quantitative estimate of drug-likeness (QED) is 0.379. The molecule has 1 aromatic carbocycles. The maximum atomic E-state index is 6.18. The lowest BCUT2D eigenvalue weighted by molar-refractivity contribution is 0.0893. The average Bonchev–Trinajstić information content (AvgIpc) is 3.13. The van der Waals surface area contributed by atoms with Gasteiger partial charge in [-0.15, -0.1) is 0 Å². The van der Waals surface area contributed by atoms with Gasteiger partial charge in [0.05, 0.1) is 13.2 Å². The summed E-state index contributed by atoms with van der Waals surface area (Å²) in [7, 11) is 0. The Morgan fingerprint density at radius 1 is 1.36 bits per heavy atom. The Kier molecular flexibility index (Phi) is 9.70. The lowest BCUT2D eigenvalue weighted by Gasteiger charge is -2.12.